The zero-order valence-corrected chi connectivity index (χ0v) is 9.54. The van der Waals surface area contributed by atoms with Gasteiger partial charge in [0.2, 0.25) is 5.88 Å². The van der Waals surface area contributed by atoms with Crippen molar-refractivity contribution in [3.05, 3.63) is 35.2 Å². The van der Waals surface area contributed by atoms with E-state index in [0.29, 0.717) is 5.88 Å². The molecule has 4 heteroatoms. The van der Waals surface area contributed by atoms with Crippen LogP contribution in [0.1, 0.15) is 5.56 Å². The predicted octanol–water partition coefficient (Wildman–Crippen LogP) is 3.45. The molecule has 3 nitrogen and oxygen atoms in total. The van der Waals surface area contributed by atoms with E-state index in [2.05, 4.69) is 22.7 Å². The molecule has 0 aliphatic carbocycles. The summed E-state index contributed by atoms with van der Waals surface area (Å²) in [6.07, 6.45) is 0. The SMILES string of the molecule is Cc1c(-c2csc3ccccc23)noc1N. The van der Waals surface area contributed by atoms with Gasteiger partial charge in [-0.3, -0.25) is 0 Å². The van der Waals surface area contributed by atoms with Crippen LogP contribution in [0.4, 0.5) is 5.88 Å². The predicted molar refractivity (Wildman–Crippen MR) is 66.5 cm³/mol. The Bertz CT molecular complexity index is 654. The Balaban J connectivity index is 2.30. The molecule has 3 rings (SSSR count). The van der Waals surface area contributed by atoms with Gasteiger partial charge in [-0.15, -0.1) is 11.3 Å². The van der Waals surface area contributed by atoms with Crippen molar-refractivity contribution in [3.63, 3.8) is 0 Å². The minimum absolute atomic E-state index is 0.394. The maximum Gasteiger partial charge on any atom is 0.225 e. The van der Waals surface area contributed by atoms with E-state index >= 15 is 0 Å². The average molecular weight is 230 g/mol. The molecule has 1 aromatic carbocycles. The Kier molecular flexibility index (Phi) is 1.97. The molecule has 3 aromatic rings. The van der Waals surface area contributed by atoms with Crippen LogP contribution >= 0.6 is 11.3 Å². The Hall–Kier alpha value is -1.81. The molecule has 2 heterocycles. The second kappa shape index (κ2) is 3.35. The van der Waals surface area contributed by atoms with E-state index in [1.54, 1.807) is 11.3 Å². The van der Waals surface area contributed by atoms with Crippen LogP contribution in [-0.4, -0.2) is 5.16 Å². The number of hydrogen-bond donors (Lipinski definition) is 1. The van der Waals surface area contributed by atoms with Crippen LogP contribution in [0.2, 0.25) is 0 Å². The summed E-state index contributed by atoms with van der Waals surface area (Å²) in [5, 5.41) is 7.30. The molecular weight excluding hydrogens is 220 g/mol. The summed E-state index contributed by atoms with van der Waals surface area (Å²) in [4.78, 5) is 0. The monoisotopic (exact) mass is 230 g/mol. The summed E-state index contributed by atoms with van der Waals surface area (Å²) in [5.41, 5.74) is 8.51. The fourth-order valence-corrected chi connectivity index (χ4v) is 2.71. The van der Waals surface area contributed by atoms with E-state index in [-0.39, 0.29) is 0 Å². The molecule has 0 atom stereocenters. The summed E-state index contributed by atoms with van der Waals surface area (Å²) in [6, 6.07) is 8.25. The van der Waals surface area contributed by atoms with E-state index in [1.165, 1.54) is 10.1 Å². The first-order chi connectivity index (χ1) is 7.77. The standard InChI is InChI=1S/C12H10N2OS/c1-7-11(14-15-12(7)13)9-6-16-10-5-3-2-4-8(9)10/h2-6H,13H2,1H3. The highest BCUT2D eigenvalue weighted by Crippen LogP contribution is 2.35. The third-order valence-corrected chi connectivity index (χ3v) is 3.66. The van der Waals surface area contributed by atoms with Gasteiger partial charge in [-0.1, -0.05) is 23.4 Å². The molecule has 0 aliphatic rings. The molecule has 80 valence electrons. The Morgan fingerprint density at radius 3 is 2.88 bits per heavy atom. The van der Waals surface area contributed by atoms with Crippen molar-refractivity contribution in [2.45, 2.75) is 6.92 Å². The lowest BCUT2D eigenvalue weighted by Gasteiger charge is -1.94. The lowest BCUT2D eigenvalue weighted by atomic mass is 10.1. The third-order valence-electron chi connectivity index (χ3n) is 2.70. The lowest BCUT2D eigenvalue weighted by molar-refractivity contribution is 0.439. The second-order valence-corrected chi connectivity index (χ2v) is 4.58. The summed E-state index contributed by atoms with van der Waals surface area (Å²) < 4.78 is 6.25. The smallest absolute Gasteiger partial charge is 0.225 e. The van der Waals surface area contributed by atoms with Gasteiger partial charge in [-0.2, -0.15) is 0 Å². The van der Waals surface area contributed by atoms with E-state index < -0.39 is 0 Å². The van der Waals surface area contributed by atoms with Crippen molar-refractivity contribution in [2.75, 3.05) is 5.73 Å². The van der Waals surface area contributed by atoms with Crippen LogP contribution in [0.5, 0.6) is 0 Å². The summed E-state index contributed by atoms with van der Waals surface area (Å²) in [7, 11) is 0. The molecule has 0 amide bonds. The number of rotatable bonds is 1. The van der Waals surface area contributed by atoms with Crippen LogP contribution in [0.15, 0.2) is 34.2 Å². The number of hydrogen-bond acceptors (Lipinski definition) is 4. The maximum absolute atomic E-state index is 5.67. The molecule has 2 N–H and O–H groups in total. The lowest BCUT2D eigenvalue weighted by Crippen LogP contribution is -1.84. The van der Waals surface area contributed by atoms with Crippen molar-refractivity contribution in [3.8, 4) is 11.3 Å². The van der Waals surface area contributed by atoms with Crippen LogP contribution in [0.3, 0.4) is 0 Å². The number of fused-ring (bicyclic) bond motifs is 1. The van der Waals surface area contributed by atoms with Crippen LogP contribution < -0.4 is 5.73 Å². The number of nitrogen functional groups attached to an aromatic ring is 1. The highest BCUT2D eigenvalue weighted by molar-refractivity contribution is 7.17. The molecule has 0 saturated heterocycles. The van der Waals surface area contributed by atoms with Gasteiger partial charge in [0.05, 0.1) is 0 Å². The van der Waals surface area contributed by atoms with E-state index in [4.69, 9.17) is 10.3 Å². The molecule has 0 fully saturated rings. The normalized spacial score (nSPS) is 11.1. The van der Waals surface area contributed by atoms with Crippen molar-refractivity contribution in [1.82, 2.24) is 5.16 Å². The quantitative estimate of drug-likeness (QED) is 0.696. The molecule has 2 aromatic heterocycles. The topological polar surface area (TPSA) is 52.0 Å². The molecular formula is C12H10N2OS. The Labute approximate surface area is 96.5 Å². The highest BCUT2D eigenvalue weighted by atomic mass is 32.1. The molecule has 0 aliphatic heterocycles. The number of benzene rings is 1. The summed E-state index contributed by atoms with van der Waals surface area (Å²) >= 11 is 1.70. The van der Waals surface area contributed by atoms with Gasteiger partial charge in [-0.25, -0.2) is 0 Å². The molecule has 16 heavy (non-hydrogen) atoms. The maximum atomic E-state index is 5.67. The minimum atomic E-state index is 0.394. The van der Waals surface area contributed by atoms with Crippen LogP contribution in [0, 0.1) is 6.92 Å². The third kappa shape index (κ3) is 1.23. The van der Waals surface area contributed by atoms with Gasteiger partial charge in [0.15, 0.2) is 0 Å². The van der Waals surface area contributed by atoms with Crippen molar-refractivity contribution < 1.29 is 4.52 Å². The van der Waals surface area contributed by atoms with E-state index in [9.17, 15) is 0 Å². The number of nitrogens with two attached hydrogens (primary N) is 1. The largest absolute Gasteiger partial charge is 0.367 e. The van der Waals surface area contributed by atoms with Gasteiger partial charge in [0.25, 0.3) is 0 Å². The fourth-order valence-electron chi connectivity index (χ4n) is 1.76. The molecule has 0 saturated carbocycles. The van der Waals surface area contributed by atoms with Crippen molar-refractivity contribution in [2.24, 2.45) is 0 Å². The zero-order valence-electron chi connectivity index (χ0n) is 8.73. The second-order valence-electron chi connectivity index (χ2n) is 3.67. The van der Waals surface area contributed by atoms with Gasteiger partial charge >= 0.3 is 0 Å². The average Bonchev–Trinajstić information content (AvgIpc) is 2.85. The number of nitrogens with zero attached hydrogens (tertiary/aromatic N) is 1. The zero-order chi connectivity index (χ0) is 11.1. The first-order valence-corrected chi connectivity index (χ1v) is 5.83. The Morgan fingerprint density at radius 2 is 2.12 bits per heavy atom. The highest BCUT2D eigenvalue weighted by Gasteiger charge is 2.14. The van der Waals surface area contributed by atoms with Gasteiger partial charge < -0.3 is 10.3 Å². The minimum Gasteiger partial charge on any atom is -0.367 e. The van der Waals surface area contributed by atoms with Crippen molar-refractivity contribution in [1.29, 1.82) is 0 Å². The number of aromatic nitrogens is 1. The van der Waals surface area contributed by atoms with Gasteiger partial charge in [-0.05, 0) is 13.0 Å². The first kappa shape index (κ1) is 9.42. The molecule has 0 spiro atoms. The van der Waals surface area contributed by atoms with Crippen LogP contribution in [-0.2, 0) is 0 Å². The summed E-state index contributed by atoms with van der Waals surface area (Å²) in [5.74, 6) is 0.394. The van der Waals surface area contributed by atoms with Gasteiger partial charge in [0, 0.05) is 26.6 Å². The van der Waals surface area contributed by atoms with E-state index in [1.807, 2.05) is 19.1 Å². The molecule has 0 unspecified atom stereocenters. The van der Waals surface area contributed by atoms with Crippen LogP contribution in [0.25, 0.3) is 21.3 Å². The fraction of sp³-hybridized carbons (Fsp3) is 0.0833. The van der Waals surface area contributed by atoms with Crippen molar-refractivity contribution >= 4 is 27.3 Å². The summed E-state index contributed by atoms with van der Waals surface area (Å²) in [6.45, 7) is 1.92. The number of thiophene rings is 1. The first-order valence-electron chi connectivity index (χ1n) is 4.95. The Morgan fingerprint density at radius 1 is 1.31 bits per heavy atom. The van der Waals surface area contributed by atoms with Gasteiger partial charge in [0.1, 0.15) is 5.69 Å². The number of anilines is 1. The molecule has 0 bridgehead atoms. The van der Waals surface area contributed by atoms with E-state index in [0.717, 1.165) is 16.8 Å². The molecule has 0 radical (unpaired) electrons.